The standard InChI is InChI=1S/C22H35N3O6.ClH/c1-15(26)31-21-19(25-14-20(21)27)13-16-6-8-17(9-7-16)30-12-4-11-24-10-3-2-5-18(23)22(28)29;/h6-9,18-21,24-25,27H,2-5,10-14,23H2,1H3,(H,28,29);1H/t18-,19+,20-,21-;/m0./s1. The summed E-state index contributed by atoms with van der Waals surface area (Å²) in [5, 5.41) is 25.2. The van der Waals surface area contributed by atoms with Crippen LogP contribution in [0.3, 0.4) is 0 Å². The Morgan fingerprint density at radius 1 is 1.22 bits per heavy atom. The third-order valence-corrected chi connectivity index (χ3v) is 5.25. The third kappa shape index (κ3) is 10.1. The number of aliphatic hydroxyl groups is 1. The zero-order valence-electron chi connectivity index (χ0n) is 18.5. The molecule has 1 fully saturated rings. The molecular formula is C22H36ClN3O6. The van der Waals surface area contributed by atoms with Gasteiger partial charge in [0.1, 0.15) is 24.0 Å². The van der Waals surface area contributed by atoms with Gasteiger partial charge in [-0.1, -0.05) is 18.6 Å². The van der Waals surface area contributed by atoms with Crippen LogP contribution in [-0.2, 0) is 20.7 Å². The third-order valence-electron chi connectivity index (χ3n) is 5.25. The molecule has 1 heterocycles. The maximum atomic E-state index is 11.2. The molecule has 1 aromatic carbocycles. The van der Waals surface area contributed by atoms with E-state index in [1.165, 1.54) is 6.92 Å². The van der Waals surface area contributed by atoms with E-state index >= 15 is 0 Å². The number of carbonyl (C=O) groups is 2. The Bertz CT molecular complexity index is 691. The summed E-state index contributed by atoms with van der Waals surface area (Å²) in [4.78, 5) is 21.9. The van der Waals surface area contributed by atoms with Crippen molar-refractivity contribution in [1.29, 1.82) is 0 Å². The topological polar surface area (TPSA) is 143 Å². The number of benzene rings is 1. The van der Waals surface area contributed by atoms with E-state index in [0.717, 1.165) is 43.7 Å². The van der Waals surface area contributed by atoms with Gasteiger partial charge in [0.25, 0.3) is 0 Å². The van der Waals surface area contributed by atoms with Gasteiger partial charge in [0, 0.05) is 13.5 Å². The first kappa shape index (κ1) is 28.1. The summed E-state index contributed by atoms with van der Waals surface area (Å²) in [5.41, 5.74) is 6.53. The lowest BCUT2D eigenvalue weighted by atomic mass is 10.0. The van der Waals surface area contributed by atoms with Crippen molar-refractivity contribution in [2.24, 2.45) is 5.73 Å². The van der Waals surface area contributed by atoms with Gasteiger partial charge >= 0.3 is 11.9 Å². The number of rotatable bonds is 14. The minimum absolute atomic E-state index is 0. The molecule has 9 nitrogen and oxygen atoms in total. The van der Waals surface area contributed by atoms with Gasteiger partial charge in [-0.25, -0.2) is 0 Å². The summed E-state index contributed by atoms with van der Waals surface area (Å²) in [6, 6.07) is 6.91. The maximum Gasteiger partial charge on any atom is 0.320 e. The molecule has 0 unspecified atom stereocenters. The van der Waals surface area contributed by atoms with Crippen molar-refractivity contribution in [2.75, 3.05) is 26.2 Å². The predicted molar refractivity (Wildman–Crippen MR) is 123 cm³/mol. The molecule has 1 aromatic rings. The van der Waals surface area contributed by atoms with E-state index in [9.17, 15) is 14.7 Å². The smallest absolute Gasteiger partial charge is 0.320 e. The molecule has 2 rings (SSSR count). The second-order valence-corrected chi connectivity index (χ2v) is 7.90. The Kier molecular flexibility index (Phi) is 13.2. The van der Waals surface area contributed by atoms with E-state index in [0.29, 0.717) is 26.0 Å². The fourth-order valence-electron chi connectivity index (χ4n) is 3.54. The summed E-state index contributed by atoms with van der Waals surface area (Å²) >= 11 is 0. The molecule has 1 aliphatic heterocycles. The van der Waals surface area contributed by atoms with Crippen LogP contribution in [0.15, 0.2) is 24.3 Å². The second-order valence-electron chi connectivity index (χ2n) is 7.90. The summed E-state index contributed by atoms with van der Waals surface area (Å²) < 4.78 is 11.0. The molecule has 10 heteroatoms. The number of ether oxygens (including phenoxy) is 2. The van der Waals surface area contributed by atoms with E-state index in [1.54, 1.807) is 0 Å². The van der Waals surface area contributed by atoms with Gasteiger partial charge in [0.05, 0.1) is 12.6 Å². The number of esters is 1. The molecular weight excluding hydrogens is 438 g/mol. The molecule has 0 radical (unpaired) electrons. The molecule has 0 aromatic heterocycles. The van der Waals surface area contributed by atoms with Crippen molar-refractivity contribution >= 4 is 24.3 Å². The van der Waals surface area contributed by atoms with Crippen molar-refractivity contribution in [3.05, 3.63) is 29.8 Å². The molecule has 0 spiro atoms. The molecule has 0 saturated carbocycles. The number of unbranched alkanes of at least 4 members (excludes halogenated alkanes) is 1. The first-order chi connectivity index (χ1) is 14.9. The number of hydrogen-bond acceptors (Lipinski definition) is 8. The predicted octanol–water partition coefficient (Wildman–Crippen LogP) is 0.856. The Balaban J connectivity index is 0.00000512. The molecule has 4 atom stereocenters. The van der Waals surface area contributed by atoms with E-state index in [1.807, 2.05) is 24.3 Å². The molecule has 1 aliphatic rings. The number of halogens is 1. The average Bonchev–Trinajstić information content (AvgIpc) is 3.06. The van der Waals surface area contributed by atoms with Crippen LogP contribution >= 0.6 is 12.4 Å². The molecule has 0 aliphatic carbocycles. The van der Waals surface area contributed by atoms with Gasteiger partial charge in [-0.2, -0.15) is 0 Å². The molecule has 0 amide bonds. The summed E-state index contributed by atoms with van der Waals surface area (Å²) in [6.45, 7) is 4.02. The van der Waals surface area contributed by atoms with Crippen LogP contribution in [0.5, 0.6) is 5.75 Å². The Morgan fingerprint density at radius 2 is 1.91 bits per heavy atom. The second kappa shape index (κ2) is 15.0. The van der Waals surface area contributed by atoms with Gasteiger partial charge in [-0.05, 0) is 56.5 Å². The number of hydrogen-bond donors (Lipinski definition) is 5. The van der Waals surface area contributed by atoms with Gasteiger partial charge in [0.2, 0.25) is 0 Å². The molecule has 6 N–H and O–H groups in total. The number of aliphatic carboxylic acids is 1. The van der Waals surface area contributed by atoms with Crippen LogP contribution < -0.4 is 21.1 Å². The SMILES string of the molecule is CC(=O)O[C@@H]1[C@@H](O)CN[C@@H]1Cc1ccc(OCCCNCCCC[C@H](N)C(=O)O)cc1.Cl. The van der Waals surface area contributed by atoms with Crippen LogP contribution in [0.4, 0.5) is 0 Å². The minimum Gasteiger partial charge on any atom is -0.494 e. The van der Waals surface area contributed by atoms with Crippen molar-refractivity contribution < 1.29 is 29.3 Å². The summed E-state index contributed by atoms with van der Waals surface area (Å²) in [5.74, 6) is -0.543. The van der Waals surface area contributed by atoms with Crippen molar-refractivity contribution in [2.45, 2.75) is 63.3 Å². The Labute approximate surface area is 195 Å². The first-order valence-corrected chi connectivity index (χ1v) is 10.9. The van der Waals surface area contributed by atoms with Crippen molar-refractivity contribution in [1.82, 2.24) is 10.6 Å². The summed E-state index contributed by atoms with van der Waals surface area (Å²) in [6.07, 6.45) is 2.48. The fraction of sp³-hybridized carbons (Fsp3) is 0.636. The highest BCUT2D eigenvalue weighted by Gasteiger charge is 2.37. The molecule has 0 bridgehead atoms. The van der Waals surface area contributed by atoms with Crippen LogP contribution in [-0.4, -0.2) is 72.7 Å². The average molecular weight is 474 g/mol. The first-order valence-electron chi connectivity index (χ1n) is 10.9. The number of nitrogens with two attached hydrogens (primary N) is 1. The number of carbonyl (C=O) groups excluding carboxylic acids is 1. The minimum atomic E-state index is -0.946. The van der Waals surface area contributed by atoms with E-state index in [4.69, 9.17) is 20.3 Å². The summed E-state index contributed by atoms with van der Waals surface area (Å²) in [7, 11) is 0. The van der Waals surface area contributed by atoms with E-state index in [2.05, 4.69) is 10.6 Å². The fourth-order valence-corrected chi connectivity index (χ4v) is 3.54. The van der Waals surface area contributed by atoms with Crippen LogP contribution in [0, 0.1) is 0 Å². The van der Waals surface area contributed by atoms with Crippen LogP contribution in [0.2, 0.25) is 0 Å². The number of carboxylic acid groups (broad SMARTS) is 1. The Hall–Kier alpha value is -1.91. The van der Waals surface area contributed by atoms with E-state index in [-0.39, 0.29) is 18.4 Å². The zero-order chi connectivity index (χ0) is 22.6. The van der Waals surface area contributed by atoms with Crippen LogP contribution in [0.1, 0.15) is 38.2 Å². The number of β-amino-alcohol motifs (C(OH)–C–C–N with tert-alkyl or cyclic N) is 1. The highest BCUT2D eigenvalue weighted by atomic mass is 35.5. The quantitative estimate of drug-likeness (QED) is 0.196. The lowest BCUT2D eigenvalue weighted by Crippen LogP contribution is -2.38. The monoisotopic (exact) mass is 473 g/mol. The van der Waals surface area contributed by atoms with Crippen molar-refractivity contribution in [3.8, 4) is 5.75 Å². The van der Waals surface area contributed by atoms with Crippen LogP contribution in [0.25, 0.3) is 0 Å². The highest BCUT2D eigenvalue weighted by Crippen LogP contribution is 2.19. The van der Waals surface area contributed by atoms with Crippen molar-refractivity contribution in [3.63, 3.8) is 0 Å². The largest absolute Gasteiger partial charge is 0.494 e. The van der Waals surface area contributed by atoms with E-state index < -0.39 is 30.2 Å². The number of nitrogens with one attached hydrogen (secondary N) is 2. The highest BCUT2D eigenvalue weighted by molar-refractivity contribution is 5.85. The zero-order valence-corrected chi connectivity index (χ0v) is 19.3. The number of aliphatic hydroxyl groups excluding tert-OH is 1. The van der Waals surface area contributed by atoms with Gasteiger partial charge in [-0.15, -0.1) is 12.4 Å². The number of carboxylic acids is 1. The molecule has 1 saturated heterocycles. The maximum absolute atomic E-state index is 11.2. The Morgan fingerprint density at radius 3 is 2.56 bits per heavy atom. The molecule has 182 valence electrons. The van der Waals surface area contributed by atoms with Gasteiger partial charge in [0.15, 0.2) is 0 Å². The lowest BCUT2D eigenvalue weighted by Gasteiger charge is -2.21. The van der Waals surface area contributed by atoms with Gasteiger partial charge < -0.3 is 36.1 Å². The normalized spacial score (nSPS) is 20.9. The lowest BCUT2D eigenvalue weighted by molar-refractivity contribution is -0.151. The molecule has 32 heavy (non-hydrogen) atoms. The van der Waals surface area contributed by atoms with Gasteiger partial charge in [-0.3, -0.25) is 9.59 Å².